The molecule has 1 heterocycles. The van der Waals surface area contributed by atoms with E-state index in [4.69, 9.17) is 10.2 Å². The van der Waals surface area contributed by atoms with Crippen LogP contribution in [0.3, 0.4) is 0 Å². The molecule has 2 rings (SSSR count). The zero-order valence-electron chi connectivity index (χ0n) is 8.93. The van der Waals surface area contributed by atoms with Crippen LogP contribution in [0.1, 0.15) is 19.3 Å². The van der Waals surface area contributed by atoms with Crippen LogP contribution in [0.25, 0.3) is 0 Å². The average molecular weight is 228 g/mol. The number of hydrogen-bond acceptors (Lipinski definition) is 3. The van der Waals surface area contributed by atoms with E-state index in [0.29, 0.717) is 12.5 Å². The van der Waals surface area contributed by atoms with Crippen molar-refractivity contribution in [3.8, 4) is 0 Å². The molecule has 2 aliphatic rings. The highest BCUT2D eigenvalue weighted by atomic mass is 16.4. The van der Waals surface area contributed by atoms with Crippen LogP contribution in [0.5, 0.6) is 0 Å². The summed E-state index contributed by atoms with van der Waals surface area (Å²) in [4.78, 5) is 24.1. The number of amides is 2. The third kappa shape index (κ3) is 1.97. The Balaban J connectivity index is 1.90. The number of aliphatic hydroxyl groups excluding tert-OH is 1. The first-order chi connectivity index (χ1) is 7.61. The van der Waals surface area contributed by atoms with E-state index in [1.807, 2.05) is 0 Å². The van der Waals surface area contributed by atoms with E-state index in [0.717, 1.165) is 19.3 Å². The topological polar surface area (TPSA) is 89.9 Å². The molecular formula is C10H16N2O4. The Labute approximate surface area is 93.2 Å². The van der Waals surface area contributed by atoms with Crippen LogP contribution < -0.4 is 5.32 Å². The first-order valence-electron chi connectivity index (χ1n) is 5.52. The zero-order chi connectivity index (χ0) is 11.7. The van der Waals surface area contributed by atoms with Crippen LogP contribution in [0.15, 0.2) is 0 Å². The Bertz CT molecular complexity index is 307. The van der Waals surface area contributed by atoms with Crippen LogP contribution in [0.2, 0.25) is 0 Å². The number of fused-ring (bicyclic) bond motifs is 2. The smallest absolute Gasteiger partial charge is 0.328 e. The van der Waals surface area contributed by atoms with Gasteiger partial charge in [-0.1, -0.05) is 0 Å². The Kier molecular flexibility index (Phi) is 3.00. The average Bonchev–Trinajstić information content (AvgIpc) is 2.86. The van der Waals surface area contributed by atoms with Gasteiger partial charge in [0.05, 0.1) is 6.61 Å². The van der Waals surface area contributed by atoms with Gasteiger partial charge in [-0.05, 0) is 25.2 Å². The van der Waals surface area contributed by atoms with Crippen LogP contribution in [-0.2, 0) is 4.79 Å². The number of aliphatic hydroxyl groups is 1. The lowest BCUT2D eigenvalue weighted by Gasteiger charge is -2.28. The maximum Gasteiger partial charge on any atom is 0.328 e. The molecule has 1 aliphatic heterocycles. The van der Waals surface area contributed by atoms with Crippen molar-refractivity contribution in [1.82, 2.24) is 10.2 Å². The van der Waals surface area contributed by atoms with Gasteiger partial charge in [0.25, 0.3) is 0 Å². The highest BCUT2D eigenvalue weighted by Crippen LogP contribution is 2.37. The fourth-order valence-electron chi connectivity index (χ4n) is 2.59. The van der Waals surface area contributed by atoms with E-state index in [9.17, 15) is 9.59 Å². The minimum Gasteiger partial charge on any atom is -0.480 e. The molecule has 2 fully saturated rings. The molecule has 3 N–H and O–H groups in total. The molecule has 6 heteroatoms. The minimum absolute atomic E-state index is 0.262. The summed E-state index contributed by atoms with van der Waals surface area (Å²) < 4.78 is 0. The largest absolute Gasteiger partial charge is 0.480 e. The van der Waals surface area contributed by atoms with Crippen molar-refractivity contribution in [2.24, 2.45) is 5.92 Å². The van der Waals surface area contributed by atoms with Gasteiger partial charge >= 0.3 is 12.0 Å². The first-order valence-corrected chi connectivity index (χ1v) is 5.52. The number of rotatable bonds is 3. The lowest BCUT2D eigenvalue weighted by Crippen LogP contribution is -2.51. The van der Waals surface area contributed by atoms with Gasteiger partial charge in [-0.3, -0.25) is 0 Å². The molecule has 3 atom stereocenters. The number of carboxylic acids is 1. The fourth-order valence-corrected chi connectivity index (χ4v) is 2.59. The van der Waals surface area contributed by atoms with Crippen molar-refractivity contribution < 1.29 is 19.8 Å². The van der Waals surface area contributed by atoms with E-state index in [2.05, 4.69) is 5.32 Å². The van der Waals surface area contributed by atoms with Crippen LogP contribution in [-0.4, -0.2) is 52.3 Å². The Morgan fingerprint density at radius 2 is 2.19 bits per heavy atom. The standard InChI is InChI=1S/C10H16N2O4/c13-5-8(9(14)15)11-10(16)12-4-6-1-2-7(12)3-6/h6-8,13H,1-5H2,(H,11,16)(H,14,15). The third-order valence-electron chi connectivity index (χ3n) is 3.45. The van der Waals surface area contributed by atoms with Crippen molar-refractivity contribution >= 4 is 12.0 Å². The molecule has 1 aliphatic carbocycles. The summed E-state index contributed by atoms with van der Waals surface area (Å²) in [5.41, 5.74) is 0. The van der Waals surface area contributed by atoms with Crippen LogP contribution in [0.4, 0.5) is 4.79 Å². The predicted molar refractivity (Wildman–Crippen MR) is 54.9 cm³/mol. The Morgan fingerprint density at radius 1 is 1.44 bits per heavy atom. The minimum atomic E-state index is -1.21. The van der Waals surface area contributed by atoms with Crippen molar-refractivity contribution in [3.05, 3.63) is 0 Å². The SMILES string of the molecule is O=C(O)C(CO)NC(=O)N1CC2CCC1C2. The molecular weight excluding hydrogens is 212 g/mol. The first kappa shape index (κ1) is 11.2. The number of nitrogens with one attached hydrogen (secondary N) is 1. The van der Waals surface area contributed by atoms with E-state index < -0.39 is 18.6 Å². The highest BCUT2D eigenvalue weighted by molar-refractivity contribution is 5.83. The summed E-state index contributed by atoms with van der Waals surface area (Å²) in [5, 5.41) is 19.8. The van der Waals surface area contributed by atoms with Gasteiger partial charge < -0.3 is 20.4 Å². The maximum atomic E-state index is 11.7. The van der Waals surface area contributed by atoms with E-state index in [1.165, 1.54) is 0 Å². The molecule has 16 heavy (non-hydrogen) atoms. The molecule has 1 saturated heterocycles. The van der Waals surface area contributed by atoms with Gasteiger partial charge in [0.2, 0.25) is 0 Å². The third-order valence-corrected chi connectivity index (χ3v) is 3.45. The molecule has 0 aromatic heterocycles. The molecule has 1 saturated carbocycles. The normalized spacial score (nSPS) is 29.2. The second kappa shape index (κ2) is 4.29. The Hall–Kier alpha value is -1.30. The van der Waals surface area contributed by atoms with Crippen molar-refractivity contribution in [2.45, 2.75) is 31.3 Å². The molecule has 0 aromatic carbocycles. The predicted octanol–water partition coefficient (Wildman–Crippen LogP) is -0.374. The molecule has 0 spiro atoms. The molecule has 2 amide bonds. The number of urea groups is 1. The molecule has 90 valence electrons. The monoisotopic (exact) mass is 228 g/mol. The second-order valence-electron chi connectivity index (χ2n) is 4.51. The molecule has 0 radical (unpaired) electrons. The van der Waals surface area contributed by atoms with Crippen LogP contribution in [0, 0.1) is 5.92 Å². The van der Waals surface area contributed by atoms with E-state index >= 15 is 0 Å². The van der Waals surface area contributed by atoms with Crippen molar-refractivity contribution in [2.75, 3.05) is 13.2 Å². The summed E-state index contributed by atoms with van der Waals surface area (Å²) in [7, 11) is 0. The van der Waals surface area contributed by atoms with Gasteiger partial charge in [0.1, 0.15) is 0 Å². The number of carbonyl (C=O) groups excluding carboxylic acids is 1. The lowest BCUT2D eigenvalue weighted by molar-refractivity contribution is -0.140. The number of nitrogens with zero attached hydrogens (tertiary/aromatic N) is 1. The lowest BCUT2D eigenvalue weighted by atomic mass is 10.1. The molecule has 6 nitrogen and oxygen atoms in total. The van der Waals surface area contributed by atoms with Crippen molar-refractivity contribution in [1.29, 1.82) is 0 Å². The highest BCUT2D eigenvalue weighted by Gasteiger charge is 2.40. The summed E-state index contributed by atoms with van der Waals surface area (Å²) in [5.74, 6) is -0.631. The molecule has 2 bridgehead atoms. The van der Waals surface area contributed by atoms with Gasteiger partial charge in [0.15, 0.2) is 6.04 Å². The summed E-state index contributed by atoms with van der Waals surface area (Å²) in [6, 6.07) is -1.31. The molecule has 3 unspecified atom stereocenters. The Morgan fingerprint density at radius 3 is 2.62 bits per heavy atom. The van der Waals surface area contributed by atoms with Gasteiger partial charge in [-0.15, -0.1) is 0 Å². The maximum absolute atomic E-state index is 11.7. The van der Waals surface area contributed by atoms with Gasteiger partial charge in [-0.2, -0.15) is 0 Å². The summed E-state index contributed by atoms with van der Waals surface area (Å²) in [6.45, 7) is 0.136. The number of likely N-dealkylation sites (tertiary alicyclic amines) is 1. The summed E-state index contributed by atoms with van der Waals surface area (Å²) >= 11 is 0. The van der Waals surface area contributed by atoms with Crippen molar-refractivity contribution in [3.63, 3.8) is 0 Å². The number of aliphatic carboxylic acids is 1. The molecule has 0 aromatic rings. The van der Waals surface area contributed by atoms with Gasteiger partial charge in [-0.25, -0.2) is 9.59 Å². The van der Waals surface area contributed by atoms with E-state index in [1.54, 1.807) is 4.90 Å². The quantitative estimate of drug-likeness (QED) is 0.614. The number of carboxylic acid groups (broad SMARTS) is 1. The summed E-state index contributed by atoms with van der Waals surface area (Å²) in [6.07, 6.45) is 3.20. The van der Waals surface area contributed by atoms with Gasteiger partial charge in [0, 0.05) is 12.6 Å². The number of carbonyl (C=O) groups is 2. The number of hydrogen-bond donors (Lipinski definition) is 3. The number of piperidine rings is 1. The second-order valence-corrected chi connectivity index (χ2v) is 4.51. The van der Waals surface area contributed by atoms with E-state index in [-0.39, 0.29) is 12.1 Å². The zero-order valence-corrected chi connectivity index (χ0v) is 8.93. The van der Waals surface area contributed by atoms with Crippen LogP contribution >= 0.6 is 0 Å². The fraction of sp³-hybridized carbons (Fsp3) is 0.800.